The van der Waals surface area contributed by atoms with E-state index in [1.165, 1.54) is 12.8 Å². The van der Waals surface area contributed by atoms with E-state index >= 15 is 0 Å². The van der Waals surface area contributed by atoms with E-state index in [0.29, 0.717) is 34.5 Å². The topological polar surface area (TPSA) is 78.5 Å². The van der Waals surface area contributed by atoms with Gasteiger partial charge in [-0.1, -0.05) is 24.6 Å². The first-order valence-electron chi connectivity index (χ1n) is 7.69. The van der Waals surface area contributed by atoms with Crippen LogP contribution in [0.5, 0.6) is 0 Å². The van der Waals surface area contributed by atoms with Crippen LogP contribution in [0.4, 0.5) is 17.6 Å². The van der Waals surface area contributed by atoms with E-state index in [1.807, 2.05) is 24.3 Å². The molecular weight excluding hydrogens is 312 g/mol. The molecule has 0 amide bonds. The van der Waals surface area contributed by atoms with Crippen LogP contribution in [0.15, 0.2) is 30.5 Å². The molecule has 2 aromatic heterocycles. The molecule has 0 saturated heterocycles. The van der Waals surface area contributed by atoms with Gasteiger partial charge in [0.05, 0.1) is 6.20 Å². The van der Waals surface area contributed by atoms with Crippen molar-refractivity contribution in [2.45, 2.75) is 25.8 Å². The molecular formula is C16H17ClN6. The predicted molar refractivity (Wildman–Crippen MR) is 92.2 cm³/mol. The lowest BCUT2D eigenvalue weighted by atomic mass is 9.81. The molecule has 0 bridgehead atoms. The van der Waals surface area contributed by atoms with Gasteiger partial charge in [-0.3, -0.25) is 0 Å². The first-order chi connectivity index (χ1) is 11.2. The molecule has 23 heavy (non-hydrogen) atoms. The quantitative estimate of drug-likeness (QED) is 0.675. The number of aromatic nitrogens is 4. The van der Waals surface area contributed by atoms with Crippen LogP contribution in [-0.4, -0.2) is 26.0 Å². The van der Waals surface area contributed by atoms with Gasteiger partial charge in [0, 0.05) is 16.8 Å². The number of aromatic amines is 1. The van der Waals surface area contributed by atoms with Crippen molar-refractivity contribution in [3.05, 3.63) is 35.5 Å². The van der Waals surface area contributed by atoms with E-state index in [0.717, 1.165) is 11.2 Å². The number of hydrogen-bond donors (Lipinski definition) is 3. The molecule has 0 aliphatic heterocycles. The van der Waals surface area contributed by atoms with Gasteiger partial charge in [-0.25, -0.2) is 4.98 Å². The second-order valence-corrected chi connectivity index (χ2v) is 6.39. The molecule has 1 aliphatic rings. The van der Waals surface area contributed by atoms with Gasteiger partial charge in [0.2, 0.25) is 11.9 Å². The molecule has 2 unspecified atom stereocenters. The van der Waals surface area contributed by atoms with Gasteiger partial charge >= 0.3 is 0 Å². The summed E-state index contributed by atoms with van der Waals surface area (Å²) in [6.45, 7) is 2.24. The Morgan fingerprint density at radius 1 is 1.26 bits per heavy atom. The van der Waals surface area contributed by atoms with Crippen molar-refractivity contribution in [2.75, 3.05) is 10.6 Å². The highest BCUT2D eigenvalue weighted by molar-refractivity contribution is 6.30. The Hall–Kier alpha value is -2.34. The number of hydrogen-bond acceptors (Lipinski definition) is 5. The number of nitrogens with one attached hydrogen (secondary N) is 3. The second kappa shape index (κ2) is 5.70. The molecule has 4 rings (SSSR count). The van der Waals surface area contributed by atoms with Crippen molar-refractivity contribution in [2.24, 2.45) is 5.92 Å². The van der Waals surface area contributed by atoms with Crippen molar-refractivity contribution in [3.63, 3.8) is 0 Å². The Balaban J connectivity index is 1.55. The Kier molecular flexibility index (Phi) is 3.53. The molecule has 1 aromatic carbocycles. The van der Waals surface area contributed by atoms with Crippen molar-refractivity contribution in [1.29, 1.82) is 0 Å². The van der Waals surface area contributed by atoms with E-state index in [-0.39, 0.29) is 0 Å². The minimum absolute atomic E-state index is 0.468. The summed E-state index contributed by atoms with van der Waals surface area (Å²) >= 11 is 5.99. The summed E-state index contributed by atoms with van der Waals surface area (Å²) in [6.07, 6.45) is 4.19. The van der Waals surface area contributed by atoms with Crippen LogP contribution >= 0.6 is 11.6 Å². The fraction of sp³-hybridized carbons (Fsp3) is 0.312. The summed E-state index contributed by atoms with van der Waals surface area (Å²) in [6, 6.07) is 7.95. The average molecular weight is 329 g/mol. The van der Waals surface area contributed by atoms with Crippen molar-refractivity contribution in [1.82, 2.24) is 19.9 Å². The van der Waals surface area contributed by atoms with Crippen LogP contribution in [0.25, 0.3) is 11.2 Å². The Morgan fingerprint density at radius 2 is 2.17 bits per heavy atom. The number of fused-ring (bicyclic) bond motifs is 1. The van der Waals surface area contributed by atoms with Gasteiger partial charge in [0.15, 0.2) is 5.65 Å². The maximum atomic E-state index is 5.99. The van der Waals surface area contributed by atoms with Crippen LogP contribution in [-0.2, 0) is 0 Å². The minimum atomic E-state index is 0.468. The van der Waals surface area contributed by atoms with Crippen LogP contribution in [0.3, 0.4) is 0 Å². The molecule has 1 saturated carbocycles. The van der Waals surface area contributed by atoms with Crippen molar-refractivity contribution in [3.8, 4) is 0 Å². The molecule has 6 nitrogen and oxygen atoms in total. The fourth-order valence-electron chi connectivity index (χ4n) is 2.69. The summed E-state index contributed by atoms with van der Waals surface area (Å²) in [4.78, 5) is 16.5. The highest BCUT2D eigenvalue weighted by atomic mass is 35.5. The highest BCUT2D eigenvalue weighted by Crippen LogP contribution is 2.29. The first kappa shape index (κ1) is 14.3. The monoisotopic (exact) mass is 328 g/mol. The van der Waals surface area contributed by atoms with Gasteiger partial charge in [0.1, 0.15) is 5.52 Å². The minimum Gasteiger partial charge on any atom is -0.351 e. The van der Waals surface area contributed by atoms with E-state index in [2.05, 4.69) is 37.5 Å². The maximum absolute atomic E-state index is 5.99. The van der Waals surface area contributed by atoms with Gasteiger partial charge in [-0.05, 0) is 37.0 Å². The normalized spacial score (nSPS) is 20.3. The zero-order valence-corrected chi connectivity index (χ0v) is 13.4. The molecule has 1 aliphatic carbocycles. The molecule has 7 heteroatoms. The van der Waals surface area contributed by atoms with E-state index in [1.54, 1.807) is 6.20 Å². The summed E-state index contributed by atoms with van der Waals surface area (Å²) < 4.78 is 0. The molecule has 3 aromatic rings. The number of halogens is 1. The fourth-order valence-corrected chi connectivity index (χ4v) is 2.88. The van der Waals surface area contributed by atoms with Gasteiger partial charge < -0.3 is 15.6 Å². The van der Waals surface area contributed by atoms with Crippen molar-refractivity contribution < 1.29 is 0 Å². The summed E-state index contributed by atoms with van der Waals surface area (Å²) in [5.41, 5.74) is 2.30. The molecule has 3 N–H and O–H groups in total. The zero-order chi connectivity index (χ0) is 15.8. The van der Waals surface area contributed by atoms with Crippen LogP contribution in [0, 0.1) is 5.92 Å². The number of benzene rings is 1. The van der Waals surface area contributed by atoms with Gasteiger partial charge in [0.25, 0.3) is 0 Å². The largest absolute Gasteiger partial charge is 0.351 e. The third-order valence-corrected chi connectivity index (χ3v) is 4.50. The van der Waals surface area contributed by atoms with Crippen LogP contribution < -0.4 is 10.6 Å². The summed E-state index contributed by atoms with van der Waals surface area (Å²) in [7, 11) is 0. The Bertz CT molecular complexity index is 845. The smallest absolute Gasteiger partial charge is 0.225 e. The predicted octanol–water partition coefficient (Wildman–Crippen LogP) is 3.96. The Labute approximate surface area is 138 Å². The molecule has 0 radical (unpaired) electrons. The molecule has 2 heterocycles. The lowest BCUT2D eigenvalue weighted by Crippen LogP contribution is -2.36. The second-order valence-electron chi connectivity index (χ2n) is 5.96. The summed E-state index contributed by atoms with van der Waals surface area (Å²) in [5.74, 6) is 1.93. The first-order valence-corrected chi connectivity index (χ1v) is 8.07. The SMILES string of the molecule is CC1CCC1Nc1ncc2[nH]c(Nc3cccc(Cl)c3)nc2n1. The van der Waals surface area contributed by atoms with E-state index in [9.17, 15) is 0 Å². The molecule has 118 valence electrons. The number of rotatable bonds is 4. The third-order valence-electron chi connectivity index (χ3n) is 4.26. The number of anilines is 3. The number of nitrogens with zero attached hydrogens (tertiary/aromatic N) is 3. The lowest BCUT2D eigenvalue weighted by molar-refractivity contribution is 0.302. The maximum Gasteiger partial charge on any atom is 0.225 e. The van der Waals surface area contributed by atoms with Crippen LogP contribution in [0.2, 0.25) is 5.02 Å². The number of H-pyrrole nitrogens is 1. The molecule has 2 atom stereocenters. The number of imidazole rings is 1. The molecule has 1 fully saturated rings. The van der Waals surface area contributed by atoms with Gasteiger partial charge in [-0.2, -0.15) is 9.97 Å². The highest BCUT2D eigenvalue weighted by Gasteiger charge is 2.27. The third kappa shape index (κ3) is 2.94. The van der Waals surface area contributed by atoms with Crippen molar-refractivity contribution >= 4 is 40.3 Å². The molecule has 0 spiro atoms. The summed E-state index contributed by atoms with van der Waals surface area (Å²) in [5, 5.41) is 7.23. The van der Waals surface area contributed by atoms with Crippen LogP contribution in [0.1, 0.15) is 19.8 Å². The standard InChI is InChI=1S/C16H17ClN6/c1-9-5-6-12(9)20-15-18-8-13-14(22-15)23-16(21-13)19-11-4-2-3-10(17)7-11/h2-4,7-9,12H,5-6H2,1H3,(H3,18,19,20,21,22,23). The van der Waals surface area contributed by atoms with E-state index in [4.69, 9.17) is 11.6 Å². The van der Waals surface area contributed by atoms with E-state index < -0.39 is 0 Å². The zero-order valence-electron chi connectivity index (χ0n) is 12.7. The average Bonchev–Trinajstić information content (AvgIpc) is 2.92. The Morgan fingerprint density at radius 3 is 2.91 bits per heavy atom. The van der Waals surface area contributed by atoms with Gasteiger partial charge in [-0.15, -0.1) is 0 Å². The lowest BCUT2D eigenvalue weighted by Gasteiger charge is -2.34.